The third kappa shape index (κ3) is 3.94. The second-order valence-electron chi connectivity index (χ2n) is 5.38. The summed E-state index contributed by atoms with van der Waals surface area (Å²) in [4.78, 5) is 2.38. The summed E-state index contributed by atoms with van der Waals surface area (Å²) in [5, 5.41) is 3.36. The molecule has 0 radical (unpaired) electrons. The molecule has 4 nitrogen and oxygen atoms in total. The van der Waals surface area contributed by atoms with E-state index in [1.54, 1.807) is 18.2 Å². The zero-order chi connectivity index (χ0) is 15.2. The molecule has 1 aromatic carbocycles. The molecule has 118 valence electrons. The minimum Gasteiger partial charge on any atom is -0.460 e. The van der Waals surface area contributed by atoms with Gasteiger partial charge in [0.2, 0.25) is 0 Å². The van der Waals surface area contributed by atoms with Crippen LogP contribution in [-0.4, -0.2) is 44.3 Å². The summed E-state index contributed by atoms with van der Waals surface area (Å²) in [6.45, 7) is 6.20. The number of hydrogen-bond donors (Lipinski definition) is 1. The molecule has 5 heteroatoms. The number of nitrogens with one attached hydrogen (secondary N) is 1. The first kappa shape index (κ1) is 15.2. The van der Waals surface area contributed by atoms with Crippen LogP contribution in [0, 0.1) is 5.82 Å². The number of morpholine rings is 1. The maximum Gasteiger partial charge on any atom is 0.137 e. The summed E-state index contributed by atoms with van der Waals surface area (Å²) >= 11 is 0. The lowest BCUT2D eigenvalue weighted by atomic mass is 10.1. The highest BCUT2D eigenvalue weighted by Crippen LogP contribution is 2.24. The largest absolute Gasteiger partial charge is 0.460 e. The van der Waals surface area contributed by atoms with Crippen LogP contribution in [0.4, 0.5) is 4.39 Å². The van der Waals surface area contributed by atoms with E-state index in [4.69, 9.17) is 9.15 Å². The van der Waals surface area contributed by atoms with Crippen molar-refractivity contribution in [3.63, 3.8) is 0 Å². The molecule has 1 fully saturated rings. The molecule has 1 aliphatic heterocycles. The maximum absolute atomic E-state index is 13.7. The molecular formula is C17H21FN2O2. The van der Waals surface area contributed by atoms with Gasteiger partial charge in [0.1, 0.15) is 17.3 Å². The molecule has 3 rings (SSSR count). The smallest absolute Gasteiger partial charge is 0.137 e. The Morgan fingerprint density at radius 3 is 2.73 bits per heavy atom. The number of halogens is 1. The molecule has 0 atom stereocenters. The summed E-state index contributed by atoms with van der Waals surface area (Å²) in [5.41, 5.74) is 0.502. The Balaban J connectivity index is 1.47. The van der Waals surface area contributed by atoms with Crippen LogP contribution in [0.5, 0.6) is 0 Å². The zero-order valence-corrected chi connectivity index (χ0v) is 12.6. The lowest BCUT2D eigenvalue weighted by Crippen LogP contribution is -2.40. The predicted octanol–water partition coefficient (Wildman–Crippen LogP) is 2.51. The van der Waals surface area contributed by atoms with E-state index in [1.807, 2.05) is 12.1 Å². The molecule has 22 heavy (non-hydrogen) atoms. The summed E-state index contributed by atoms with van der Waals surface area (Å²) in [5.74, 6) is 1.13. The molecule has 0 amide bonds. The second-order valence-corrected chi connectivity index (χ2v) is 5.38. The standard InChI is InChI=1S/C17H21FN2O2/c18-16-4-2-1-3-15(16)17-6-5-14(22-17)13-19-7-8-20-9-11-21-12-10-20/h1-6,19H,7-13H2. The maximum atomic E-state index is 13.7. The molecule has 2 heterocycles. The zero-order valence-electron chi connectivity index (χ0n) is 12.6. The van der Waals surface area contributed by atoms with Crippen molar-refractivity contribution < 1.29 is 13.5 Å². The van der Waals surface area contributed by atoms with Gasteiger partial charge in [-0.3, -0.25) is 4.90 Å². The summed E-state index contributed by atoms with van der Waals surface area (Å²) in [6.07, 6.45) is 0. The van der Waals surface area contributed by atoms with Gasteiger partial charge < -0.3 is 14.5 Å². The quantitative estimate of drug-likeness (QED) is 0.832. The first-order valence-electron chi connectivity index (χ1n) is 7.67. The summed E-state index contributed by atoms with van der Waals surface area (Å²) in [6, 6.07) is 10.4. The molecule has 0 saturated carbocycles. The van der Waals surface area contributed by atoms with Gasteiger partial charge in [0.25, 0.3) is 0 Å². The number of hydrogen-bond acceptors (Lipinski definition) is 4. The van der Waals surface area contributed by atoms with Crippen LogP contribution in [0.3, 0.4) is 0 Å². The molecular weight excluding hydrogens is 283 g/mol. The van der Waals surface area contributed by atoms with Gasteiger partial charge in [0.05, 0.1) is 25.3 Å². The molecule has 2 aromatic rings. The fourth-order valence-electron chi connectivity index (χ4n) is 2.55. The van der Waals surface area contributed by atoms with Crippen molar-refractivity contribution >= 4 is 0 Å². The number of furan rings is 1. The van der Waals surface area contributed by atoms with Crippen molar-refractivity contribution in [1.82, 2.24) is 10.2 Å². The van der Waals surface area contributed by atoms with E-state index < -0.39 is 0 Å². The Morgan fingerprint density at radius 2 is 1.91 bits per heavy atom. The van der Waals surface area contributed by atoms with E-state index in [0.29, 0.717) is 17.9 Å². The van der Waals surface area contributed by atoms with E-state index in [-0.39, 0.29) is 5.82 Å². The highest BCUT2D eigenvalue weighted by molar-refractivity contribution is 5.58. The Labute approximate surface area is 129 Å². The van der Waals surface area contributed by atoms with Crippen molar-refractivity contribution in [3.05, 3.63) is 48.0 Å². The van der Waals surface area contributed by atoms with Gasteiger partial charge >= 0.3 is 0 Å². The van der Waals surface area contributed by atoms with Crippen LogP contribution in [0.1, 0.15) is 5.76 Å². The van der Waals surface area contributed by atoms with Gasteiger partial charge in [-0.2, -0.15) is 0 Å². The fraction of sp³-hybridized carbons (Fsp3) is 0.412. The third-order valence-corrected chi connectivity index (χ3v) is 3.81. The normalized spacial score (nSPS) is 16.0. The minimum absolute atomic E-state index is 0.260. The SMILES string of the molecule is Fc1ccccc1-c1ccc(CNCCN2CCOCC2)o1. The molecule has 1 N–H and O–H groups in total. The monoisotopic (exact) mass is 304 g/mol. The van der Waals surface area contributed by atoms with E-state index in [9.17, 15) is 4.39 Å². The highest BCUT2D eigenvalue weighted by Gasteiger charge is 2.10. The molecule has 0 bridgehead atoms. The van der Waals surface area contributed by atoms with Gasteiger partial charge in [0, 0.05) is 26.2 Å². The van der Waals surface area contributed by atoms with Gasteiger partial charge in [-0.15, -0.1) is 0 Å². The molecule has 1 aromatic heterocycles. The molecule has 1 aliphatic rings. The predicted molar refractivity (Wildman–Crippen MR) is 83.1 cm³/mol. The highest BCUT2D eigenvalue weighted by atomic mass is 19.1. The summed E-state index contributed by atoms with van der Waals surface area (Å²) < 4.78 is 24.7. The molecule has 0 aliphatic carbocycles. The lowest BCUT2D eigenvalue weighted by Gasteiger charge is -2.26. The molecule has 1 saturated heterocycles. The van der Waals surface area contributed by atoms with Crippen LogP contribution in [-0.2, 0) is 11.3 Å². The Morgan fingerprint density at radius 1 is 1.09 bits per heavy atom. The van der Waals surface area contributed by atoms with Gasteiger partial charge in [-0.1, -0.05) is 12.1 Å². The topological polar surface area (TPSA) is 37.6 Å². The minimum atomic E-state index is -0.260. The summed E-state index contributed by atoms with van der Waals surface area (Å²) in [7, 11) is 0. The Hall–Kier alpha value is -1.69. The van der Waals surface area contributed by atoms with Crippen molar-refractivity contribution in [3.8, 4) is 11.3 Å². The van der Waals surface area contributed by atoms with E-state index in [2.05, 4.69) is 10.2 Å². The van der Waals surface area contributed by atoms with Crippen LogP contribution >= 0.6 is 0 Å². The van der Waals surface area contributed by atoms with Gasteiger partial charge in [-0.05, 0) is 24.3 Å². The van der Waals surface area contributed by atoms with Crippen LogP contribution < -0.4 is 5.32 Å². The lowest BCUT2D eigenvalue weighted by molar-refractivity contribution is 0.0383. The Bertz CT molecular complexity index is 594. The number of ether oxygens (including phenoxy) is 1. The average Bonchev–Trinajstić information content (AvgIpc) is 3.02. The van der Waals surface area contributed by atoms with Crippen molar-refractivity contribution in [2.45, 2.75) is 6.54 Å². The second kappa shape index (κ2) is 7.54. The molecule has 0 unspecified atom stereocenters. The average molecular weight is 304 g/mol. The van der Waals surface area contributed by atoms with Crippen LogP contribution in [0.2, 0.25) is 0 Å². The van der Waals surface area contributed by atoms with E-state index in [1.165, 1.54) is 6.07 Å². The van der Waals surface area contributed by atoms with E-state index >= 15 is 0 Å². The Kier molecular flexibility index (Phi) is 5.21. The molecule has 0 spiro atoms. The third-order valence-electron chi connectivity index (χ3n) is 3.81. The van der Waals surface area contributed by atoms with Crippen LogP contribution in [0.25, 0.3) is 11.3 Å². The number of benzene rings is 1. The number of rotatable bonds is 6. The number of nitrogens with zero attached hydrogens (tertiary/aromatic N) is 1. The first-order valence-corrected chi connectivity index (χ1v) is 7.67. The van der Waals surface area contributed by atoms with Crippen molar-refractivity contribution in [2.24, 2.45) is 0 Å². The van der Waals surface area contributed by atoms with Gasteiger partial charge in [-0.25, -0.2) is 4.39 Å². The van der Waals surface area contributed by atoms with Crippen molar-refractivity contribution in [2.75, 3.05) is 39.4 Å². The van der Waals surface area contributed by atoms with Crippen LogP contribution in [0.15, 0.2) is 40.8 Å². The van der Waals surface area contributed by atoms with Crippen molar-refractivity contribution in [1.29, 1.82) is 0 Å². The first-order chi connectivity index (χ1) is 10.8. The fourth-order valence-corrected chi connectivity index (χ4v) is 2.55. The van der Waals surface area contributed by atoms with E-state index in [0.717, 1.165) is 45.2 Å². The van der Waals surface area contributed by atoms with Gasteiger partial charge in [0.15, 0.2) is 0 Å².